The third-order valence-electron chi connectivity index (χ3n) is 3.05. The van der Waals surface area contributed by atoms with Crippen molar-refractivity contribution in [1.82, 2.24) is 0 Å². The highest BCUT2D eigenvalue weighted by molar-refractivity contribution is 4.81. The molecule has 0 nitrogen and oxygen atoms in total. The van der Waals surface area contributed by atoms with Gasteiger partial charge in [0.05, 0.1) is 0 Å². The summed E-state index contributed by atoms with van der Waals surface area (Å²) in [4.78, 5) is 0. The Morgan fingerprint density at radius 3 is 1.77 bits per heavy atom. The average molecular weight is 183 g/mol. The highest BCUT2D eigenvalue weighted by Gasteiger charge is 2.11. The van der Waals surface area contributed by atoms with Crippen LogP contribution in [0.3, 0.4) is 0 Å². The van der Waals surface area contributed by atoms with E-state index >= 15 is 0 Å². The maximum Gasteiger partial charge on any atom is -0.0324 e. The van der Waals surface area contributed by atoms with Crippen LogP contribution in [0.25, 0.3) is 0 Å². The van der Waals surface area contributed by atoms with Gasteiger partial charge in [0.15, 0.2) is 0 Å². The topological polar surface area (TPSA) is 0 Å². The van der Waals surface area contributed by atoms with Crippen LogP contribution in [0.15, 0.2) is 0 Å². The minimum absolute atomic E-state index is 0.863. The maximum atomic E-state index is 2.61. The van der Waals surface area contributed by atoms with E-state index in [1.54, 1.807) is 0 Å². The summed E-state index contributed by atoms with van der Waals surface area (Å²) in [6.07, 6.45) is 10.7. The fourth-order valence-corrected chi connectivity index (χ4v) is 1.85. The molecular formula is C13H27. The second kappa shape index (κ2) is 8.59. The van der Waals surface area contributed by atoms with Gasteiger partial charge in [0.2, 0.25) is 0 Å². The monoisotopic (exact) mass is 183 g/mol. The fourth-order valence-electron chi connectivity index (χ4n) is 1.85. The minimum atomic E-state index is 0.863. The zero-order chi connectivity index (χ0) is 10.1. The Kier molecular flexibility index (Phi) is 8.59. The maximum absolute atomic E-state index is 2.61. The Balaban J connectivity index is 3.67. The van der Waals surface area contributed by atoms with Crippen LogP contribution in [-0.4, -0.2) is 0 Å². The number of unbranched alkanes of at least 4 members (excludes halogenated alkanes) is 1. The minimum Gasteiger partial charge on any atom is -0.0654 e. The van der Waals surface area contributed by atoms with Crippen LogP contribution < -0.4 is 0 Å². The molecule has 13 heavy (non-hydrogen) atoms. The molecule has 0 saturated heterocycles. The van der Waals surface area contributed by atoms with Crippen molar-refractivity contribution >= 4 is 0 Å². The van der Waals surface area contributed by atoms with Gasteiger partial charge in [0.1, 0.15) is 0 Å². The molecule has 0 aromatic heterocycles. The lowest BCUT2D eigenvalue weighted by Gasteiger charge is -2.19. The normalized spacial score (nSPS) is 13.6. The zero-order valence-corrected chi connectivity index (χ0v) is 9.97. The van der Waals surface area contributed by atoms with E-state index < -0.39 is 0 Å². The van der Waals surface area contributed by atoms with Gasteiger partial charge < -0.3 is 0 Å². The first-order valence-electron chi connectivity index (χ1n) is 6.13. The van der Waals surface area contributed by atoms with Crippen molar-refractivity contribution in [3.05, 3.63) is 6.42 Å². The molecule has 0 saturated carbocycles. The fraction of sp³-hybridized carbons (Fsp3) is 0.923. The van der Waals surface area contributed by atoms with Gasteiger partial charge in [-0.1, -0.05) is 66.2 Å². The molecule has 1 atom stereocenters. The van der Waals surface area contributed by atoms with Gasteiger partial charge in [-0.2, -0.15) is 0 Å². The van der Waals surface area contributed by atoms with Gasteiger partial charge in [-0.05, 0) is 18.3 Å². The Morgan fingerprint density at radius 1 is 0.846 bits per heavy atom. The molecule has 0 heteroatoms. The zero-order valence-electron chi connectivity index (χ0n) is 9.97. The van der Waals surface area contributed by atoms with Crippen LogP contribution in [0.5, 0.6) is 0 Å². The van der Waals surface area contributed by atoms with Crippen molar-refractivity contribution in [3.8, 4) is 0 Å². The Morgan fingerprint density at radius 2 is 1.38 bits per heavy atom. The molecule has 0 aromatic rings. The van der Waals surface area contributed by atoms with Gasteiger partial charge in [-0.25, -0.2) is 0 Å². The lowest BCUT2D eigenvalue weighted by molar-refractivity contribution is 0.424. The van der Waals surface area contributed by atoms with Crippen molar-refractivity contribution in [2.75, 3.05) is 0 Å². The van der Waals surface area contributed by atoms with Gasteiger partial charge in [-0.3, -0.25) is 0 Å². The highest BCUT2D eigenvalue weighted by Crippen LogP contribution is 2.23. The number of hydrogen-bond acceptors (Lipinski definition) is 0. The van der Waals surface area contributed by atoms with Gasteiger partial charge in [0, 0.05) is 0 Å². The molecule has 0 heterocycles. The Labute approximate surface area is 85.1 Å². The van der Waals surface area contributed by atoms with Crippen LogP contribution >= 0.6 is 0 Å². The smallest absolute Gasteiger partial charge is 0.0324 e. The lowest BCUT2D eigenvalue weighted by Crippen LogP contribution is -2.08. The van der Waals surface area contributed by atoms with Crippen LogP contribution in [0.2, 0.25) is 0 Å². The molecule has 0 N–H and O–H groups in total. The number of hydrogen-bond donors (Lipinski definition) is 0. The molecule has 0 bridgehead atoms. The molecule has 0 aromatic carbocycles. The van der Waals surface area contributed by atoms with E-state index in [1.165, 1.54) is 38.5 Å². The summed E-state index contributed by atoms with van der Waals surface area (Å²) < 4.78 is 0. The largest absolute Gasteiger partial charge is 0.0654 e. The highest BCUT2D eigenvalue weighted by atomic mass is 14.2. The second-order valence-corrected chi connectivity index (χ2v) is 4.08. The van der Waals surface area contributed by atoms with E-state index in [0.29, 0.717) is 0 Å². The summed E-state index contributed by atoms with van der Waals surface area (Å²) in [5.74, 6) is 1.74. The SMILES string of the molecule is CCCCC([CH]C(CC)CC)CC. The summed E-state index contributed by atoms with van der Waals surface area (Å²) in [6, 6.07) is 0. The summed E-state index contributed by atoms with van der Waals surface area (Å²) in [5, 5.41) is 0. The second-order valence-electron chi connectivity index (χ2n) is 4.08. The molecule has 79 valence electrons. The summed E-state index contributed by atoms with van der Waals surface area (Å²) in [5.41, 5.74) is 0. The van der Waals surface area contributed by atoms with Crippen molar-refractivity contribution in [3.63, 3.8) is 0 Å². The molecule has 0 rings (SSSR count). The molecule has 0 aliphatic carbocycles. The standard InChI is InChI=1S/C13H27/c1-5-9-10-13(8-4)11-12(6-2)7-3/h11-13H,5-10H2,1-4H3. The number of rotatable bonds is 8. The van der Waals surface area contributed by atoms with E-state index in [-0.39, 0.29) is 0 Å². The van der Waals surface area contributed by atoms with E-state index in [1.807, 2.05) is 0 Å². The first-order valence-corrected chi connectivity index (χ1v) is 6.13. The molecule has 0 spiro atoms. The van der Waals surface area contributed by atoms with Crippen molar-refractivity contribution < 1.29 is 0 Å². The van der Waals surface area contributed by atoms with Crippen molar-refractivity contribution in [2.45, 2.75) is 66.2 Å². The lowest BCUT2D eigenvalue weighted by atomic mass is 9.86. The molecule has 0 aliphatic rings. The van der Waals surface area contributed by atoms with E-state index in [4.69, 9.17) is 0 Å². The first-order chi connectivity index (χ1) is 6.28. The first kappa shape index (κ1) is 13.0. The van der Waals surface area contributed by atoms with Crippen molar-refractivity contribution in [1.29, 1.82) is 0 Å². The van der Waals surface area contributed by atoms with Gasteiger partial charge >= 0.3 is 0 Å². The van der Waals surface area contributed by atoms with Crippen LogP contribution in [0.4, 0.5) is 0 Å². The predicted octanol–water partition coefficient (Wildman–Crippen LogP) is 4.84. The van der Waals surface area contributed by atoms with E-state index in [2.05, 4.69) is 34.1 Å². The molecule has 1 unspecified atom stereocenters. The van der Waals surface area contributed by atoms with Crippen molar-refractivity contribution in [2.24, 2.45) is 11.8 Å². The summed E-state index contributed by atoms with van der Waals surface area (Å²) >= 11 is 0. The third kappa shape index (κ3) is 6.12. The van der Waals surface area contributed by atoms with E-state index in [9.17, 15) is 0 Å². The molecular weight excluding hydrogens is 156 g/mol. The Bertz CT molecular complexity index is 92.2. The summed E-state index contributed by atoms with van der Waals surface area (Å²) in [7, 11) is 0. The average Bonchev–Trinajstić information content (AvgIpc) is 2.19. The predicted molar refractivity (Wildman–Crippen MR) is 61.7 cm³/mol. The summed E-state index contributed by atoms with van der Waals surface area (Å²) in [6.45, 7) is 9.21. The van der Waals surface area contributed by atoms with E-state index in [0.717, 1.165) is 11.8 Å². The van der Waals surface area contributed by atoms with Crippen LogP contribution in [-0.2, 0) is 0 Å². The molecule has 0 amide bonds. The Hall–Kier alpha value is 0. The van der Waals surface area contributed by atoms with Crippen LogP contribution in [0.1, 0.15) is 66.2 Å². The van der Waals surface area contributed by atoms with Gasteiger partial charge in [0.25, 0.3) is 0 Å². The molecule has 1 radical (unpaired) electrons. The quantitative estimate of drug-likeness (QED) is 0.505. The molecule has 0 aliphatic heterocycles. The molecule has 0 fully saturated rings. The third-order valence-corrected chi connectivity index (χ3v) is 3.05. The van der Waals surface area contributed by atoms with Gasteiger partial charge in [-0.15, -0.1) is 0 Å². The van der Waals surface area contributed by atoms with Crippen LogP contribution in [0, 0.1) is 18.3 Å².